The molecule has 0 aromatic heterocycles. The van der Waals surface area contributed by atoms with Crippen molar-refractivity contribution in [2.24, 2.45) is 0 Å². The van der Waals surface area contributed by atoms with Crippen LogP contribution >= 0.6 is 0 Å². The van der Waals surface area contributed by atoms with Crippen molar-refractivity contribution < 1.29 is 0 Å². The summed E-state index contributed by atoms with van der Waals surface area (Å²) in [5.41, 5.74) is 4.26. The largest absolute Gasteiger partial charge is 0.367 e. The van der Waals surface area contributed by atoms with E-state index in [0.29, 0.717) is 6.04 Å². The van der Waals surface area contributed by atoms with Crippen LogP contribution in [0.3, 0.4) is 0 Å². The summed E-state index contributed by atoms with van der Waals surface area (Å²) in [6.07, 6.45) is 1.20. The number of nitrogens with one attached hydrogen (secondary N) is 1. The Hall–Kier alpha value is -1.02. The van der Waals surface area contributed by atoms with Gasteiger partial charge in [0.15, 0.2) is 0 Å². The molecule has 0 radical (unpaired) electrons. The Morgan fingerprint density at radius 3 is 2.39 bits per heavy atom. The van der Waals surface area contributed by atoms with Gasteiger partial charge in [0.2, 0.25) is 0 Å². The summed E-state index contributed by atoms with van der Waals surface area (Å²) in [6, 6.07) is 7.46. The third kappa shape index (κ3) is 3.05. The number of hydrogen-bond acceptors (Lipinski definition) is 2. The van der Waals surface area contributed by atoms with Gasteiger partial charge in [-0.2, -0.15) is 0 Å². The number of benzene rings is 1. The first kappa shape index (κ1) is 13.4. The predicted molar refractivity (Wildman–Crippen MR) is 79.4 cm³/mol. The molecule has 1 atom stereocenters. The van der Waals surface area contributed by atoms with Crippen molar-refractivity contribution in [2.75, 3.05) is 18.0 Å². The second-order valence-corrected chi connectivity index (χ2v) is 6.42. The highest BCUT2D eigenvalue weighted by Gasteiger charge is 2.28. The third-order valence-corrected chi connectivity index (χ3v) is 3.80. The summed E-state index contributed by atoms with van der Waals surface area (Å²) in [7, 11) is 0. The fourth-order valence-corrected chi connectivity index (χ4v) is 2.88. The van der Waals surface area contributed by atoms with Crippen LogP contribution in [0.5, 0.6) is 0 Å². The van der Waals surface area contributed by atoms with Crippen LogP contribution < -0.4 is 10.2 Å². The first-order valence-corrected chi connectivity index (χ1v) is 6.97. The quantitative estimate of drug-likeness (QED) is 0.818. The molecule has 1 aromatic rings. The van der Waals surface area contributed by atoms with Gasteiger partial charge in [0, 0.05) is 23.8 Å². The van der Waals surface area contributed by atoms with Gasteiger partial charge >= 0.3 is 0 Å². The Morgan fingerprint density at radius 1 is 1.17 bits per heavy atom. The molecule has 100 valence electrons. The SMILES string of the molecule is Cc1cc(C)cc(N2CC(C)(C)NCCC2C)c1. The molecule has 1 unspecified atom stereocenters. The molecule has 0 bridgehead atoms. The third-order valence-electron chi connectivity index (χ3n) is 3.80. The highest BCUT2D eigenvalue weighted by molar-refractivity contribution is 5.52. The van der Waals surface area contributed by atoms with Gasteiger partial charge < -0.3 is 10.2 Å². The van der Waals surface area contributed by atoms with E-state index in [9.17, 15) is 0 Å². The molecular formula is C16H26N2. The van der Waals surface area contributed by atoms with Crippen LogP contribution in [0.2, 0.25) is 0 Å². The minimum atomic E-state index is 0.183. The maximum absolute atomic E-state index is 3.64. The van der Waals surface area contributed by atoms with Gasteiger partial charge in [-0.25, -0.2) is 0 Å². The lowest BCUT2D eigenvalue weighted by Crippen LogP contribution is -2.47. The molecule has 2 heteroatoms. The zero-order valence-electron chi connectivity index (χ0n) is 12.4. The van der Waals surface area contributed by atoms with Crippen LogP contribution in [-0.4, -0.2) is 24.7 Å². The van der Waals surface area contributed by atoms with Crippen molar-refractivity contribution in [1.82, 2.24) is 5.32 Å². The van der Waals surface area contributed by atoms with Crippen LogP contribution in [-0.2, 0) is 0 Å². The molecule has 1 heterocycles. The Kier molecular flexibility index (Phi) is 3.67. The molecule has 1 N–H and O–H groups in total. The van der Waals surface area contributed by atoms with E-state index >= 15 is 0 Å². The summed E-state index contributed by atoms with van der Waals surface area (Å²) in [5.74, 6) is 0. The summed E-state index contributed by atoms with van der Waals surface area (Å²) in [4.78, 5) is 2.56. The summed E-state index contributed by atoms with van der Waals surface area (Å²) >= 11 is 0. The van der Waals surface area contributed by atoms with E-state index in [1.54, 1.807) is 0 Å². The zero-order valence-corrected chi connectivity index (χ0v) is 12.4. The van der Waals surface area contributed by atoms with Crippen molar-refractivity contribution in [3.63, 3.8) is 0 Å². The summed E-state index contributed by atoms with van der Waals surface area (Å²) in [6.45, 7) is 13.5. The van der Waals surface area contributed by atoms with Crippen molar-refractivity contribution in [3.05, 3.63) is 29.3 Å². The van der Waals surface area contributed by atoms with E-state index in [-0.39, 0.29) is 5.54 Å². The van der Waals surface area contributed by atoms with Gasteiger partial charge in [0.05, 0.1) is 0 Å². The van der Waals surface area contributed by atoms with E-state index in [2.05, 4.69) is 63.0 Å². The van der Waals surface area contributed by atoms with Crippen LogP contribution in [0.15, 0.2) is 18.2 Å². The average molecular weight is 246 g/mol. The van der Waals surface area contributed by atoms with Crippen molar-refractivity contribution in [3.8, 4) is 0 Å². The van der Waals surface area contributed by atoms with Crippen molar-refractivity contribution in [2.45, 2.75) is 52.6 Å². The Morgan fingerprint density at radius 2 is 1.78 bits per heavy atom. The van der Waals surface area contributed by atoms with Gasteiger partial charge in [-0.3, -0.25) is 0 Å². The fourth-order valence-electron chi connectivity index (χ4n) is 2.88. The lowest BCUT2D eigenvalue weighted by molar-refractivity contribution is 0.415. The molecule has 2 nitrogen and oxygen atoms in total. The highest BCUT2D eigenvalue weighted by atomic mass is 15.2. The van der Waals surface area contributed by atoms with Crippen molar-refractivity contribution >= 4 is 5.69 Å². The lowest BCUT2D eigenvalue weighted by atomic mass is 10.0. The fraction of sp³-hybridized carbons (Fsp3) is 0.625. The Balaban J connectivity index is 2.33. The molecule has 1 fully saturated rings. The Bertz CT molecular complexity index is 403. The first-order chi connectivity index (χ1) is 8.37. The number of aryl methyl sites for hydroxylation is 2. The molecule has 0 aliphatic carbocycles. The van der Waals surface area contributed by atoms with E-state index < -0.39 is 0 Å². The molecule has 1 saturated heterocycles. The maximum Gasteiger partial charge on any atom is 0.0374 e. The van der Waals surface area contributed by atoms with Gasteiger partial charge in [0.25, 0.3) is 0 Å². The zero-order chi connectivity index (χ0) is 13.3. The van der Waals surface area contributed by atoms with Gasteiger partial charge in [-0.05, 0) is 70.8 Å². The standard InChI is InChI=1S/C16H26N2/c1-12-8-13(2)10-15(9-12)18-11-16(4,5)17-7-6-14(18)3/h8-10,14,17H,6-7,11H2,1-5H3. The van der Waals surface area contributed by atoms with E-state index in [0.717, 1.165) is 13.1 Å². The van der Waals surface area contributed by atoms with Gasteiger partial charge in [-0.15, -0.1) is 0 Å². The minimum absolute atomic E-state index is 0.183. The maximum atomic E-state index is 3.64. The van der Waals surface area contributed by atoms with E-state index in [4.69, 9.17) is 0 Å². The predicted octanol–water partition coefficient (Wildman–Crippen LogP) is 3.27. The molecule has 0 saturated carbocycles. The lowest BCUT2D eigenvalue weighted by Gasteiger charge is -2.35. The normalized spacial score (nSPS) is 23.8. The number of anilines is 1. The highest BCUT2D eigenvalue weighted by Crippen LogP contribution is 2.25. The topological polar surface area (TPSA) is 15.3 Å². The molecule has 18 heavy (non-hydrogen) atoms. The molecule has 0 spiro atoms. The van der Waals surface area contributed by atoms with Gasteiger partial charge in [0.1, 0.15) is 0 Å². The van der Waals surface area contributed by atoms with Crippen LogP contribution in [0, 0.1) is 13.8 Å². The number of hydrogen-bond donors (Lipinski definition) is 1. The monoisotopic (exact) mass is 246 g/mol. The minimum Gasteiger partial charge on any atom is -0.367 e. The Labute approximate surface area is 111 Å². The second-order valence-electron chi connectivity index (χ2n) is 6.42. The molecular weight excluding hydrogens is 220 g/mol. The number of rotatable bonds is 1. The van der Waals surface area contributed by atoms with E-state index in [1.165, 1.54) is 23.2 Å². The van der Waals surface area contributed by atoms with Crippen LogP contribution in [0.25, 0.3) is 0 Å². The molecule has 1 aliphatic rings. The van der Waals surface area contributed by atoms with Crippen LogP contribution in [0.4, 0.5) is 5.69 Å². The number of nitrogens with zero attached hydrogens (tertiary/aromatic N) is 1. The average Bonchev–Trinajstić information content (AvgIpc) is 2.36. The first-order valence-electron chi connectivity index (χ1n) is 6.97. The summed E-state index contributed by atoms with van der Waals surface area (Å²) in [5, 5.41) is 3.64. The van der Waals surface area contributed by atoms with Crippen LogP contribution in [0.1, 0.15) is 38.3 Å². The van der Waals surface area contributed by atoms with Crippen molar-refractivity contribution in [1.29, 1.82) is 0 Å². The van der Waals surface area contributed by atoms with Gasteiger partial charge in [-0.1, -0.05) is 6.07 Å². The molecule has 2 rings (SSSR count). The smallest absolute Gasteiger partial charge is 0.0374 e. The summed E-state index contributed by atoms with van der Waals surface area (Å²) < 4.78 is 0. The van der Waals surface area contributed by atoms with E-state index in [1.807, 2.05) is 0 Å². The molecule has 1 aromatic carbocycles. The second kappa shape index (κ2) is 4.93. The molecule has 1 aliphatic heterocycles. The molecule has 0 amide bonds.